The van der Waals surface area contributed by atoms with Crippen molar-refractivity contribution in [2.24, 2.45) is 0 Å². The molecule has 1 aromatic rings. The van der Waals surface area contributed by atoms with Crippen LogP contribution in [0.2, 0.25) is 5.02 Å². The van der Waals surface area contributed by atoms with Crippen LogP contribution in [0.5, 0.6) is 0 Å². The summed E-state index contributed by atoms with van der Waals surface area (Å²) in [6, 6.07) is 0.658. The lowest BCUT2D eigenvalue weighted by Gasteiger charge is -2.44. The first-order valence-corrected chi connectivity index (χ1v) is 8.41. The number of halogens is 1. The smallest absolute Gasteiger partial charge is 0.224 e. The van der Waals surface area contributed by atoms with Crippen molar-refractivity contribution in [2.75, 3.05) is 42.9 Å². The lowest BCUT2D eigenvalue weighted by Crippen LogP contribution is -2.55. The average molecular weight is 310 g/mol. The van der Waals surface area contributed by atoms with E-state index in [4.69, 9.17) is 11.6 Å². The van der Waals surface area contributed by atoms with Crippen molar-refractivity contribution in [3.05, 3.63) is 11.2 Å². The number of anilines is 2. The highest BCUT2D eigenvalue weighted by molar-refractivity contribution is 6.32. The van der Waals surface area contributed by atoms with E-state index in [9.17, 15) is 0 Å². The maximum atomic E-state index is 6.33. The van der Waals surface area contributed by atoms with E-state index in [1.165, 1.54) is 25.8 Å². The molecule has 2 aliphatic rings. The maximum Gasteiger partial charge on any atom is 0.224 e. The third-order valence-electron chi connectivity index (χ3n) is 4.40. The summed E-state index contributed by atoms with van der Waals surface area (Å²) in [5.74, 6) is 1.57. The van der Waals surface area contributed by atoms with Gasteiger partial charge in [0.15, 0.2) is 5.82 Å². The van der Waals surface area contributed by atoms with E-state index in [1.807, 2.05) is 0 Å². The van der Waals surface area contributed by atoms with Crippen molar-refractivity contribution in [3.8, 4) is 0 Å². The van der Waals surface area contributed by atoms with Gasteiger partial charge >= 0.3 is 0 Å². The second kappa shape index (κ2) is 6.79. The molecule has 0 amide bonds. The molecule has 2 aliphatic heterocycles. The van der Waals surface area contributed by atoms with E-state index in [1.54, 1.807) is 6.20 Å². The normalized spacial score (nSPS) is 23.0. The Morgan fingerprint density at radius 3 is 3.10 bits per heavy atom. The van der Waals surface area contributed by atoms with E-state index >= 15 is 0 Å². The van der Waals surface area contributed by atoms with Crippen molar-refractivity contribution in [2.45, 2.75) is 38.6 Å². The molecule has 0 aromatic carbocycles. The minimum Gasteiger partial charge on any atom is -0.354 e. The van der Waals surface area contributed by atoms with Crippen LogP contribution in [0, 0.1) is 0 Å². The molecular weight excluding hydrogens is 286 g/mol. The first kappa shape index (κ1) is 14.9. The molecular formula is C15H24ClN5. The van der Waals surface area contributed by atoms with Crippen LogP contribution < -0.4 is 10.2 Å². The van der Waals surface area contributed by atoms with Gasteiger partial charge in [-0.2, -0.15) is 4.98 Å². The number of hydrogen-bond acceptors (Lipinski definition) is 5. The largest absolute Gasteiger partial charge is 0.354 e. The minimum absolute atomic E-state index is 0.654. The number of hydrogen-bond donors (Lipinski definition) is 1. The van der Waals surface area contributed by atoms with Crippen molar-refractivity contribution < 1.29 is 0 Å². The molecule has 0 saturated carbocycles. The molecule has 5 nitrogen and oxygen atoms in total. The lowest BCUT2D eigenvalue weighted by atomic mass is 9.99. The van der Waals surface area contributed by atoms with Gasteiger partial charge in [0.25, 0.3) is 0 Å². The summed E-state index contributed by atoms with van der Waals surface area (Å²) >= 11 is 6.33. The molecule has 3 rings (SSSR count). The Labute approximate surface area is 131 Å². The fourth-order valence-corrected chi connectivity index (χ4v) is 3.46. The number of fused-ring (bicyclic) bond motifs is 1. The Hall–Kier alpha value is -1.07. The van der Waals surface area contributed by atoms with E-state index in [0.717, 1.165) is 38.4 Å². The molecule has 0 bridgehead atoms. The molecule has 2 saturated heterocycles. The molecule has 2 fully saturated rings. The quantitative estimate of drug-likeness (QED) is 0.926. The van der Waals surface area contributed by atoms with Gasteiger partial charge in [0.2, 0.25) is 5.95 Å². The predicted molar refractivity (Wildman–Crippen MR) is 87.2 cm³/mol. The molecule has 0 aliphatic carbocycles. The number of rotatable bonds is 4. The highest BCUT2D eigenvalue weighted by Crippen LogP contribution is 2.28. The van der Waals surface area contributed by atoms with E-state index < -0.39 is 0 Å². The summed E-state index contributed by atoms with van der Waals surface area (Å²) in [6.07, 6.45) is 6.75. The van der Waals surface area contributed by atoms with Crippen molar-refractivity contribution in [3.63, 3.8) is 0 Å². The van der Waals surface area contributed by atoms with E-state index in [-0.39, 0.29) is 0 Å². The van der Waals surface area contributed by atoms with Crippen LogP contribution in [0.15, 0.2) is 6.20 Å². The molecule has 6 heteroatoms. The number of nitrogens with one attached hydrogen (secondary N) is 1. The minimum atomic E-state index is 0.654. The monoisotopic (exact) mass is 309 g/mol. The summed E-state index contributed by atoms with van der Waals surface area (Å²) in [5, 5.41) is 3.89. The SMILES string of the molecule is CCCNc1ncc(Cl)c(N2CCN3CCCCC3C2)n1. The molecule has 0 radical (unpaired) electrons. The van der Waals surface area contributed by atoms with Crippen molar-refractivity contribution >= 4 is 23.4 Å². The third kappa shape index (κ3) is 3.40. The van der Waals surface area contributed by atoms with Gasteiger partial charge in [0.1, 0.15) is 5.02 Å². The first-order chi connectivity index (χ1) is 10.3. The summed E-state index contributed by atoms with van der Waals surface area (Å²) in [6.45, 7) is 7.41. The Morgan fingerprint density at radius 1 is 1.33 bits per heavy atom. The van der Waals surface area contributed by atoms with Crippen LogP contribution in [-0.4, -0.2) is 53.6 Å². The van der Waals surface area contributed by atoms with Crippen LogP contribution in [0.25, 0.3) is 0 Å². The van der Waals surface area contributed by atoms with Gasteiger partial charge in [-0.25, -0.2) is 4.98 Å². The molecule has 0 spiro atoms. The van der Waals surface area contributed by atoms with Crippen molar-refractivity contribution in [1.82, 2.24) is 14.9 Å². The molecule has 1 atom stereocenters. The van der Waals surface area contributed by atoms with Crippen LogP contribution in [0.1, 0.15) is 32.6 Å². The fourth-order valence-electron chi connectivity index (χ4n) is 3.25. The highest BCUT2D eigenvalue weighted by atomic mass is 35.5. The fraction of sp³-hybridized carbons (Fsp3) is 0.733. The van der Waals surface area contributed by atoms with Crippen molar-refractivity contribution in [1.29, 1.82) is 0 Å². The first-order valence-electron chi connectivity index (χ1n) is 8.03. The van der Waals surface area contributed by atoms with Crippen LogP contribution in [0.3, 0.4) is 0 Å². The number of piperazine rings is 1. The molecule has 3 heterocycles. The summed E-state index contributed by atoms with van der Waals surface area (Å²) in [4.78, 5) is 13.8. The van der Waals surface area contributed by atoms with Gasteiger partial charge in [0.05, 0.1) is 6.20 Å². The standard InChI is InChI=1S/C15H24ClN5/c1-2-6-17-15-18-10-13(16)14(19-15)21-9-8-20-7-4-3-5-12(20)11-21/h10,12H,2-9,11H2,1H3,(H,17,18,19). The second-order valence-electron chi connectivity index (χ2n) is 5.92. The van der Waals surface area contributed by atoms with Crippen LogP contribution in [-0.2, 0) is 0 Å². The number of nitrogens with zero attached hydrogens (tertiary/aromatic N) is 4. The second-order valence-corrected chi connectivity index (χ2v) is 6.33. The average Bonchev–Trinajstić information content (AvgIpc) is 2.53. The van der Waals surface area contributed by atoms with Gasteiger partial charge in [-0.1, -0.05) is 24.9 Å². The van der Waals surface area contributed by atoms with Gasteiger partial charge in [-0.15, -0.1) is 0 Å². The third-order valence-corrected chi connectivity index (χ3v) is 4.66. The molecule has 1 aromatic heterocycles. The lowest BCUT2D eigenvalue weighted by molar-refractivity contribution is 0.133. The van der Waals surface area contributed by atoms with Gasteiger partial charge in [0, 0.05) is 32.2 Å². The van der Waals surface area contributed by atoms with Crippen LogP contribution >= 0.6 is 11.6 Å². The molecule has 1 unspecified atom stereocenters. The van der Waals surface area contributed by atoms with Crippen LogP contribution in [0.4, 0.5) is 11.8 Å². The molecule has 21 heavy (non-hydrogen) atoms. The summed E-state index contributed by atoms with van der Waals surface area (Å²) in [7, 11) is 0. The highest BCUT2D eigenvalue weighted by Gasteiger charge is 2.30. The summed E-state index contributed by atoms with van der Waals surface area (Å²) < 4.78 is 0. The Morgan fingerprint density at radius 2 is 2.24 bits per heavy atom. The Bertz CT molecular complexity index is 481. The Kier molecular flexibility index (Phi) is 4.80. The zero-order valence-electron chi connectivity index (χ0n) is 12.7. The number of piperidine rings is 1. The Balaban J connectivity index is 1.73. The van der Waals surface area contributed by atoms with Gasteiger partial charge in [-0.3, -0.25) is 4.90 Å². The van der Waals surface area contributed by atoms with E-state index in [2.05, 4.69) is 32.0 Å². The maximum absolute atomic E-state index is 6.33. The zero-order valence-corrected chi connectivity index (χ0v) is 13.4. The van der Waals surface area contributed by atoms with Gasteiger partial charge in [-0.05, 0) is 25.8 Å². The molecule has 116 valence electrons. The van der Waals surface area contributed by atoms with E-state index in [0.29, 0.717) is 17.0 Å². The zero-order chi connectivity index (χ0) is 14.7. The number of aromatic nitrogens is 2. The predicted octanol–water partition coefficient (Wildman–Crippen LogP) is 2.63. The topological polar surface area (TPSA) is 44.3 Å². The molecule has 1 N–H and O–H groups in total. The summed E-state index contributed by atoms with van der Waals surface area (Å²) in [5.41, 5.74) is 0. The van der Waals surface area contributed by atoms with Gasteiger partial charge < -0.3 is 10.2 Å².